The monoisotopic (exact) mass is 414 g/mol. The first-order chi connectivity index (χ1) is 14.3. The number of rotatable bonds is 3. The molecular weight excluding hydrogens is 392 g/mol. The summed E-state index contributed by atoms with van der Waals surface area (Å²) in [6.07, 6.45) is 0. The fourth-order valence-corrected chi connectivity index (χ4v) is 3.95. The van der Waals surface area contributed by atoms with Crippen molar-refractivity contribution in [2.75, 3.05) is 5.32 Å². The van der Waals surface area contributed by atoms with Crippen molar-refractivity contribution in [3.63, 3.8) is 0 Å². The van der Waals surface area contributed by atoms with Crippen LogP contribution in [0.25, 0.3) is 22.2 Å². The fourth-order valence-electron chi connectivity index (χ4n) is 3.83. The smallest absolute Gasteiger partial charge is 0.256 e. The van der Waals surface area contributed by atoms with E-state index < -0.39 is 0 Å². The Morgan fingerprint density at radius 3 is 2.20 bits per heavy atom. The molecule has 0 aliphatic carbocycles. The summed E-state index contributed by atoms with van der Waals surface area (Å²) in [5.41, 5.74) is 8.24. The zero-order valence-electron chi connectivity index (χ0n) is 17.5. The maximum Gasteiger partial charge on any atom is 0.256 e. The summed E-state index contributed by atoms with van der Waals surface area (Å²) in [5, 5.41) is 4.52. The number of pyridine rings is 1. The molecule has 4 heteroatoms. The number of nitrogens with one attached hydrogen (secondary N) is 1. The number of halogens is 1. The summed E-state index contributed by atoms with van der Waals surface area (Å²) in [5.74, 6) is -0.152. The van der Waals surface area contributed by atoms with Crippen LogP contribution in [0, 0.1) is 27.7 Å². The average Bonchev–Trinajstić information content (AvgIpc) is 2.70. The highest BCUT2D eigenvalue weighted by atomic mass is 35.5. The number of benzene rings is 3. The molecule has 1 aromatic heterocycles. The van der Waals surface area contributed by atoms with Crippen LogP contribution < -0.4 is 5.32 Å². The van der Waals surface area contributed by atoms with Crippen LogP contribution >= 0.6 is 11.6 Å². The summed E-state index contributed by atoms with van der Waals surface area (Å²) < 4.78 is 0. The normalized spacial score (nSPS) is 11.0. The van der Waals surface area contributed by atoms with Crippen molar-refractivity contribution in [3.8, 4) is 11.3 Å². The summed E-state index contributed by atoms with van der Waals surface area (Å²) in [7, 11) is 0. The second-order valence-electron chi connectivity index (χ2n) is 7.77. The zero-order chi connectivity index (χ0) is 21.4. The minimum Gasteiger partial charge on any atom is -0.322 e. The maximum absolute atomic E-state index is 13.4. The van der Waals surface area contributed by atoms with E-state index in [4.69, 9.17) is 16.6 Å². The number of fused-ring (bicyclic) bond motifs is 1. The molecule has 1 amide bonds. The van der Waals surface area contributed by atoms with Crippen molar-refractivity contribution >= 4 is 34.1 Å². The molecule has 0 bridgehead atoms. The Morgan fingerprint density at radius 1 is 0.867 bits per heavy atom. The van der Waals surface area contributed by atoms with Crippen LogP contribution in [0.3, 0.4) is 0 Å². The average molecular weight is 415 g/mol. The standard InChI is InChI=1S/C26H23ClN2O/c1-15-5-7-19(8-6-15)25-18(4)23(22-14-16(2)13-17(3)24(22)29-25)26(30)28-21-11-9-20(27)10-12-21/h5-14H,1-4H3,(H,28,30). The highest BCUT2D eigenvalue weighted by molar-refractivity contribution is 6.30. The lowest BCUT2D eigenvalue weighted by atomic mass is 9.94. The van der Waals surface area contributed by atoms with Crippen molar-refractivity contribution in [2.45, 2.75) is 27.7 Å². The Balaban J connectivity index is 1.93. The van der Waals surface area contributed by atoms with E-state index in [0.29, 0.717) is 16.3 Å². The van der Waals surface area contributed by atoms with Gasteiger partial charge in [0.2, 0.25) is 0 Å². The lowest BCUT2D eigenvalue weighted by Gasteiger charge is -2.17. The van der Waals surface area contributed by atoms with Crippen LogP contribution in [0.1, 0.15) is 32.6 Å². The highest BCUT2D eigenvalue weighted by Crippen LogP contribution is 2.32. The molecule has 0 unspecified atom stereocenters. The molecule has 1 heterocycles. The van der Waals surface area contributed by atoms with Crippen molar-refractivity contribution < 1.29 is 4.79 Å². The van der Waals surface area contributed by atoms with E-state index in [-0.39, 0.29) is 5.91 Å². The van der Waals surface area contributed by atoms with E-state index >= 15 is 0 Å². The van der Waals surface area contributed by atoms with Gasteiger partial charge in [-0.1, -0.05) is 53.1 Å². The van der Waals surface area contributed by atoms with Crippen molar-refractivity contribution in [1.29, 1.82) is 0 Å². The lowest BCUT2D eigenvalue weighted by Crippen LogP contribution is -2.15. The second-order valence-corrected chi connectivity index (χ2v) is 8.20. The van der Waals surface area contributed by atoms with Gasteiger partial charge in [0.25, 0.3) is 5.91 Å². The van der Waals surface area contributed by atoms with Gasteiger partial charge >= 0.3 is 0 Å². The quantitative estimate of drug-likeness (QED) is 0.390. The molecule has 0 aliphatic rings. The number of carbonyl (C=O) groups is 1. The molecule has 0 saturated carbocycles. The van der Waals surface area contributed by atoms with E-state index in [9.17, 15) is 4.79 Å². The van der Waals surface area contributed by atoms with E-state index in [2.05, 4.69) is 42.6 Å². The molecule has 0 saturated heterocycles. The van der Waals surface area contributed by atoms with Gasteiger partial charge in [0.15, 0.2) is 0 Å². The molecule has 0 aliphatic heterocycles. The molecule has 4 rings (SSSR count). The van der Waals surface area contributed by atoms with Crippen LogP contribution in [0.2, 0.25) is 5.02 Å². The molecule has 3 nitrogen and oxygen atoms in total. The molecule has 30 heavy (non-hydrogen) atoms. The largest absolute Gasteiger partial charge is 0.322 e. The number of aryl methyl sites for hydroxylation is 3. The Bertz CT molecular complexity index is 1260. The SMILES string of the molecule is Cc1ccc(-c2nc3c(C)cc(C)cc3c(C(=O)Nc3ccc(Cl)cc3)c2C)cc1. The van der Waals surface area contributed by atoms with Crippen LogP contribution in [-0.4, -0.2) is 10.9 Å². The van der Waals surface area contributed by atoms with Crippen molar-refractivity contribution in [3.05, 3.63) is 93.5 Å². The Kier molecular flexibility index (Phi) is 5.31. The highest BCUT2D eigenvalue weighted by Gasteiger charge is 2.20. The van der Waals surface area contributed by atoms with Gasteiger partial charge in [-0.2, -0.15) is 0 Å². The summed E-state index contributed by atoms with van der Waals surface area (Å²) >= 11 is 5.98. The predicted molar refractivity (Wildman–Crippen MR) is 126 cm³/mol. The molecule has 3 aromatic carbocycles. The van der Waals surface area contributed by atoms with Gasteiger partial charge in [0.05, 0.1) is 16.8 Å². The molecule has 0 atom stereocenters. The van der Waals surface area contributed by atoms with Crippen LogP contribution in [0.15, 0.2) is 60.7 Å². The molecule has 0 radical (unpaired) electrons. The third kappa shape index (κ3) is 3.81. The van der Waals surface area contributed by atoms with Gasteiger partial charge in [-0.3, -0.25) is 4.79 Å². The number of hydrogen-bond donors (Lipinski definition) is 1. The van der Waals surface area contributed by atoms with Crippen LogP contribution in [0.5, 0.6) is 0 Å². The molecule has 4 aromatic rings. The molecule has 0 spiro atoms. The number of amides is 1. The number of anilines is 1. The number of carbonyl (C=O) groups excluding carboxylic acids is 1. The van der Waals surface area contributed by atoms with E-state index in [0.717, 1.165) is 38.9 Å². The summed E-state index contributed by atoms with van der Waals surface area (Å²) in [4.78, 5) is 18.4. The number of nitrogens with zero attached hydrogens (tertiary/aromatic N) is 1. The van der Waals surface area contributed by atoms with Crippen molar-refractivity contribution in [2.24, 2.45) is 0 Å². The lowest BCUT2D eigenvalue weighted by molar-refractivity contribution is 0.102. The minimum absolute atomic E-state index is 0.152. The Hall–Kier alpha value is -3.17. The van der Waals surface area contributed by atoms with Crippen LogP contribution in [0.4, 0.5) is 5.69 Å². The van der Waals surface area contributed by atoms with Gasteiger partial charge in [-0.25, -0.2) is 4.98 Å². The molecule has 1 N–H and O–H groups in total. The third-order valence-corrected chi connectivity index (χ3v) is 5.57. The van der Waals surface area contributed by atoms with Gasteiger partial charge < -0.3 is 5.32 Å². The van der Waals surface area contributed by atoms with Crippen LogP contribution in [-0.2, 0) is 0 Å². The van der Waals surface area contributed by atoms with Gasteiger partial charge in [-0.05, 0) is 69.2 Å². The number of hydrogen-bond acceptors (Lipinski definition) is 2. The Labute approximate surface area is 181 Å². The van der Waals surface area contributed by atoms with E-state index in [1.807, 2.05) is 26.8 Å². The molecular formula is C26H23ClN2O. The third-order valence-electron chi connectivity index (χ3n) is 5.32. The van der Waals surface area contributed by atoms with Gasteiger partial charge in [-0.15, -0.1) is 0 Å². The molecule has 150 valence electrons. The Morgan fingerprint density at radius 2 is 1.53 bits per heavy atom. The van der Waals surface area contributed by atoms with Crippen molar-refractivity contribution in [1.82, 2.24) is 4.98 Å². The first-order valence-corrected chi connectivity index (χ1v) is 10.3. The summed E-state index contributed by atoms with van der Waals surface area (Å²) in [6.45, 7) is 8.10. The first kappa shape index (κ1) is 20.1. The molecule has 0 fully saturated rings. The summed E-state index contributed by atoms with van der Waals surface area (Å²) in [6, 6.07) is 19.5. The maximum atomic E-state index is 13.4. The zero-order valence-corrected chi connectivity index (χ0v) is 18.3. The predicted octanol–water partition coefficient (Wildman–Crippen LogP) is 7.04. The van der Waals surface area contributed by atoms with E-state index in [1.165, 1.54) is 5.56 Å². The second kappa shape index (κ2) is 7.92. The van der Waals surface area contributed by atoms with E-state index in [1.54, 1.807) is 24.3 Å². The first-order valence-electron chi connectivity index (χ1n) is 9.89. The fraction of sp³-hybridized carbons (Fsp3) is 0.154. The topological polar surface area (TPSA) is 42.0 Å². The number of aromatic nitrogens is 1. The van der Waals surface area contributed by atoms with Gasteiger partial charge in [0.1, 0.15) is 0 Å². The van der Waals surface area contributed by atoms with Gasteiger partial charge in [0, 0.05) is 21.7 Å². The minimum atomic E-state index is -0.152.